The summed E-state index contributed by atoms with van der Waals surface area (Å²) in [5.74, 6) is 6.13. The van der Waals surface area contributed by atoms with Crippen molar-refractivity contribution in [3.05, 3.63) is 59.7 Å². The molecular formula is C17H22ClN3O2. The van der Waals surface area contributed by atoms with Crippen molar-refractivity contribution < 1.29 is 9.53 Å². The number of amides is 1. The van der Waals surface area contributed by atoms with Crippen molar-refractivity contribution in [1.82, 2.24) is 5.32 Å². The number of nitrogens with one attached hydrogen (secondary N) is 2. The molecule has 0 atom stereocenters. The summed E-state index contributed by atoms with van der Waals surface area (Å²) in [6, 6.07) is 15.3. The summed E-state index contributed by atoms with van der Waals surface area (Å²) in [5, 5.41) is 2.93. The van der Waals surface area contributed by atoms with E-state index in [1.165, 1.54) is 0 Å². The maximum atomic E-state index is 11.9. The number of hydrogen-bond acceptors (Lipinski definition) is 4. The Kier molecular flexibility index (Phi) is 7.94. The zero-order valence-corrected chi connectivity index (χ0v) is 13.9. The second-order valence-corrected chi connectivity index (χ2v) is 4.97. The molecule has 5 nitrogen and oxygen atoms in total. The van der Waals surface area contributed by atoms with Gasteiger partial charge in [-0.25, -0.2) is 0 Å². The van der Waals surface area contributed by atoms with Crippen LogP contribution >= 0.6 is 12.4 Å². The van der Waals surface area contributed by atoms with Crippen LogP contribution in [-0.2, 0) is 17.6 Å². The van der Waals surface area contributed by atoms with Gasteiger partial charge in [0.2, 0.25) is 5.91 Å². The highest BCUT2D eigenvalue weighted by Crippen LogP contribution is 2.11. The summed E-state index contributed by atoms with van der Waals surface area (Å²) < 4.78 is 5.09. The van der Waals surface area contributed by atoms with Crippen molar-refractivity contribution in [3.8, 4) is 5.75 Å². The molecule has 4 N–H and O–H groups in total. The SMILES string of the molecule is COc1ccc(CC(=O)NCCc2ccc(NN)cc2)cc1.Cl. The van der Waals surface area contributed by atoms with Crippen LogP contribution in [0.3, 0.4) is 0 Å². The van der Waals surface area contributed by atoms with E-state index < -0.39 is 0 Å². The van der Waals surface area contributed by atoms with Crippen molar-refractivity contribution in [3.63, 3.8) is 0 Å². The number of nitrogens with two attached hydrogens (primary N) is 1. The largest absolute Gasteiger partial charge is 0.497 e. The molecule has 0 radical (unpaired) electrons. The lowest BCUT2D eigenvalue weighted by Crippen LogP contribution is -2.27. The summed E-state index contributed by atoms with van der Waals surface area (Å²) in [7, 11) is 1.62. The Hall–Kier alpha value is -2.24. The molecule has 2 aromatic rings. The van der Waals surface area contributed by atoms with Crippen molar-refractivity contribution in [2.75, 3.05) is 19.1 Å². The highest BCUT2D eigenvalue weighted by Gasteiger charge is 2.03. The van der Waals surface area contributed by atoms with E-state index in [9.17, 15) is 4.79 Å². The number of ether oxygens (including phenoxy) is 1. The average molecular weight is 336 g/mol. The third kappa shape index (κ3) is 6.18. The number of hydrazine groups is 1. The van der Waals surface area contributed by atoms with Gasteiger partial charge in [-0.1, -0.05) is 24.3 Å². The Labute approximate surface area is 142 Å². The molecule has 0 fully saturated rings. The quantitative estimate of drug-likeness (QED) is 0.536. The summed E-state index contributed by atoms with van der Waals surface area (Å²) >= 11 is 0. The van der Waals surface area contributed by atoms with Crippen LogP contribution in [-0.4, -0.2) is 19.6 Å². The van der Waals surface area contributed by atoms with Crippen LogP contribution in [0.5, 0.6) is 5.75 Å². The summed E-state index contributed by atoms with van der Waals surface area (Å²) in [6.45, 7) is 0.615. The molecule has 0 aliphatic rings. The standard InChI is InChI=1S/C17H21N3O2.ClH/c1-22-16-8-4-14(5-9-16)12-17(21)19-11-10-13-2-6-15(20-18)7-3-13;/h2-9,20H,10-12,18H2,1H3,(H,19,21);1H. The van der Waals surface area contributed by atoms with Gasteiger partial charge in [-0.05, 0) is 41.8 Å². The molecule has 2 rings (SSSR count). The first-order valence-corrected chi connectivity index (χ1v) is 7.16. The summed E-state index contributed by atoms with van der Waals surface area (Å²) in [5.41, 5.74) is 5.58. The Balaban J connectivity index is 0.00000264. The van der Waals surface area contributed by atoms with Crippen molar-refractivity contribution >= 4 is 24.0 Å². The first-order valence-electron chi connectivity index (χ1n) is 7.16. The predicted molar refractivity (Wildman–Crippen MR) is 94.9 cm³/mol. The van der Waals surface area contributed by atoms with Gasteiger partial charge in [-0.15, -0.1) is 12.4 Å². The Morgan fingerprint density at radius 1 is 1.04 bits per heavy atom. The first kappa shape index (κ1) is 18.8. The molecule has 0 bridgehead atoms. The van der Waals surface area contributed by atoms with Crippen LogP contribution in [0.15, 0.2) is 48.5 Å². The number of anilines is 1. The van der Waals surface area contributed by atoms with E-state index in [-0.39, 0.29) is 18.3 Å². The van der Waals surface area contributed by atoms with Gasteiger partial charge in [0.05, 0.1) is 13.5 Å². The average Bonchev–Trinajstić information content (AvgIpc) is 2.56. The minimum Gasteiger partial charge on any atom is -0.497 e. The topological polar surface area (TPSA) is 76.4 Å². The zero-order chi connectivity index (χ0) is 15.8. The molecule has 0 aromatic heterocycles. The normalized spacial score (nSPS) is 9.65. The lowest BCUT2D eigenvalue weighted by Gasteiger charge is -2.07. The lowest BCUT2D eigenvalue weighted by molar-refractivity contribution is -0.120. The number of carbonyl (C=O) groups is 1. The lowest BCUT2D eigenvalue weighted by atomic mass is 10.1. The van der Waals surface area contributed by atoms with Gasteiger partial charge in [0, 0.05) is 12.2 Å². The van der Waals surface area contributed by atoms with Gasteiger partial charge in [-0.3, -0.25) is 10.6 Å². The van der Waals surface area contributed by atoms with E-state index in [2.05, 4.69) is 10.7 Å². The number of hydrogen-bond donors (Lipinski definition) is 3. The number of halogens is 1. The van der Waals surface area contributed by atoms with Gasteiger partial charge >= 0.3 is 0 Å². The minimum atomic E-state index is 0. The summed E-state index contributed by atoms with van der Waals surface area (Å²) in [4.78, 5) is 11.9. The molecule has 0 heterocycles. The fraction of sp³-hybridized carbons (Fsp3) is 0.235. The van der Waals surface area contributed by atoms with E-state index >= 15 is 0 Å². The maximum Gasteiger partial charge on any atom is 0.224 e. The molecule has 0 aliphatic heterocycles. The Morgan fingerprint density at radius 2 is 1.65 bits per heavy atom. The monoisotopic (exact) mass is 335 g/mol. The molecule has 0 unspecified atom stereocenters. The van der Waals surface area contributed by atoms with Gasteiger partial charge in [-0.2, -0.15) is 0 Å². The molecule has 0 spiro atoms. The Bertz CT molecular complexity index is 600. The molecule has 2 aromatic carbocycles. The van der Waals surface area contributed by atoms with Gasteiger partial charge in [0.1, 0.15) is 5.75 Å². The second-order valence-electron chi connectivity index (χ2n) is 4.97. The second kappa shape index (κ2) is 9.71. The van der Waals surface area contributed by atoms with E-state index in [1.807, 2.05) is 48.5 Å². The van der Waals surface area contributed by atoms with E-state index in [4.69, 9.17) is 10.6 Å². The van der Waals surface area contributed by atoms with Crippen LogP contribution < -0.4 is 21.3 Å². The van der Waals surface area contributed by atoms with Crippen LogP contribution in [0.1, 0.15) is 11.1 Å². The maximum absolute atomic E-state index is 11.9. The van der Waals surface area contributed by atoms with Gasteiger partial charge in [0.15, 0.2) is 0 Å². The van der Waals surface area contributed by atoms with Crippen LogP contribution in [0.2, 0.25) is 0 Å². The molecule has 0 aliphatic carbocycles. The van der Waals surface area contributed by atoms with E-state index in [1.54, 1.807) is 7.11 Å². The fourth-order valence-corrected chi connectivity index (χ4v) is 2.11. The summed E-state index contributed by atoms with van der Waals surface area (Å²) in [6.07, 6.45) is 1.17. The smallest absolute Gasteiger partial charge is 0.224 e. The van der Waals surface area contributed by atoms with Gasteiger partial charge in [0.25, 0.3) is 0 Å². The molecule has 1 amide bonds. The number of nitrogen functional groups attached to an aromatic ring is 1. The Morgan fingerprint density at radius 3 is 2.22 bits per heavy atom. The van der Waals surface area contributed by atoms with E-state index in [0.717, 1.165) is 29.0 Å². The van der Waals surface area contributed by atoms with Crippen molar-refractivity contribution in [1.29, 1.82) is 0 Å². The third-order valence-electron chi connectivity index (χ3n) is 3.38. The molecule has 23 heavy (non-hydrogen) atoms. The highest BCUT2D eigenvalue weighted by molar-refractivity contribution is 5.85. The molecule has 0 saturated carbocycles. The molecule has 124 valence electrons. The van der Waals surface area contributed by atoms with Gasteiger partial charge < -0.3 is 15.5 Å². The van der Waals surface area contributed by atoms with Crippen molar-refractivity contribution in [2.24, 2.45) is 5.84 Å². The highest BCUT2D eigenvalue weighted by atomic mass is 35.5. The zero-order valence-electron chi connectivity index (χ0n) is 13.0. The number of rotatable bonds is 7. The first-order chi connectivity index (χ1) is 10.7. The predicted octanol–water partition coefficient (Wildman–Crippen LogP) is 2.30. The third-order valence-corrected chi connectivity index (χ3v) is 3.38. The molecule has 0 saturated heterocycles. The van der Waals surface area contributed by atoms with Crippen LogP contribution in [0, 0.1) is 0 Å². The number of methoxy groups -OCH3 is 1. The fourth-order valence-electron chi connectivity index (χ4n) is 2.11. The van der Waals surface area contributed by atoms with Crippen LogP contribution in [0.4, 0.5) is 5.69 Å². The van der Waals surface area contributed by atoms with Crippen LogP contribution in [0.25, 0.3) is 0 Å². The molecule has 6 heteroatoms. The molecular weight excluding hydrogens is 314 g/mol. The van der Waals surface area contributed by atoms with Crippen molar-refractivity contribution in [2.45, 2.75) is 12.8 Å². The van der Waals surface area contributed by atoms with E-state index in [0.29, 0.717) is 13.0 Å². The minimum absolute atomic E-state index is 0. The number of benzene rings is 2. The number of carbonyl (C=O) groups excluding carboxylic acids is 1.